The largest absolute Gasteiger partial charge is 0.497 e. The van der Waals surface area contributed by atoms with E-state index >= 15 is 0 Å². The molecule has 1 aromatic heterocycles. The van der Waals surface area contributed by atoms with Crippen LogP contribution in [0.1, 0.15) is 34.1 Å². The molecule has 2 aromatic carbocycles. The topological polar surface area (TPSA) is 90.3 Å². The maximum absolute atomic E-state index is 13.0. The molecule has 1 saturated heterocycles. The number of hydrogen-bond donors (Lipinski definition) is 1. The average Bonchev–Trinajstić information content (AvgIpc) is 3.34. The van der Waals surface area contributed by atoms with E-state index in [0.29, 0.717) is 17.9 Å². The molecule has 1 aliphatic rings. The number of hydrogen-bond acceptors (Lipinski definition) is 5. The summed E-state index contributed by atoms with van der Waals surface area (Å²) < 4.78 is 31.0. The van der Waals surface area contributed by atoms with Gasteiger partial charge in [0.15, 0.2) is 15.5 Å². The number of carbonyl (C=O) groups is 1. The lowest BCUT2D eigenvalue weighted by Crippen LogP contribution is -2.17. The minimum Gasteiger partial charge on any atom is -0.497 e. The lowest BCUT2D eigenvalue weighted by Gasteiger charge is -2.13. The van der Waals surface area contributed by atoms with Crippen LogP contribution in [0.2, 0.25) is 0 Å². The van der Waals surface area contributed by atoms with E-state index < -0.39 is 9.84 Å². The number of benzene rings is 2. The number of rotatable bonds is 5. The Bertz CT molecular complexity index is 1230. The summed E-state index contributed by atoms with van der Waals surface area (Å²) in [6, 6.07) is 14.7. The molecule has 1 amide bonds. The highest BCUT2D eigenvalue weighted by Crippen LogP contribution is 2.31. The molecule has 31 heavy (non-hydrogen) atoms. The maximum atomic E-state index is 13.0. The van der Waals surface area contributed by atoms with Crippen LogP contribution in [0.5, 0.6) is 5.75 Å². The van der Waals surface area contributed by atoms with Crippen LogP contribution in [0.25, 0.3) is 11.3 Å². The molecule has 162 valence electrons. The first-order valence-corrected chi connectivity index (χ1v) is 11.9. The molecule has 1 N–H and O–H groups in total. The van der Waals surface area contributed by atoms with E-state index in [-0.39, 0.29) is 29.1 Å². The number of methoxy groups -OCH3 is 1. The van der Waals surface area contributed by atoms with Gasteiger partial charge in [-0.15, -0.1) is 0 Å². The number of carbonyl (C=O) groups excluding carboxylic acids is 1. The molecule has 8 heteroatoms. The van der Waals surface area contributed by atoms with Gasteiger partial charge in [0.05, 0.1) is 30.4 Å². The van der Waals surface area contributed by atoms with Gasteiger partial charge in [0.1, 0.15) is 5.75 Å². The SMILES string of the molecule is COc1ccc(-c2cc(C(=O)Nc3cc(C)ccc3C)nn2[C@H]2CCS(=O)(=O)C2)cc1. The van der Waals surface area contributed by atoms with Gasteiger partial charge in [-0.05, 0) is 67.8 Å². The van der Waals surface area contributed by atoms with Gasteiger partial charge < -0.3 is 10.1 Å². The van der Waals surface area contributed by atoms with Crippen LogP contribution in [0.4, 0.5) is 5.69 Å². The minimum atomic E-state index is -3.10. The molecule has 0 aliphatic carbocycles. The number of amides is 1. The third kappa shape index (κ3) is 4.49. The van der Waals surface area contributed by atoms with Gasteiger partial charge in [0, 0.05) is 11.3 Å². The lowest BCUT2D eigenvalue weighted by molar-refractivity contribution is 0.102. The van der Waals surface area contributed by atoms with E-state index in [1.165, 1.54) is 0 Å². The second kappa shape index (κ2) is 8.19. The van der Waals surface area contributed by atoms with Crippen LogP contribution < -0.4 is 10.1 Å². The molecule has 0 bridgehead atoms. The molecule has 0 spiro atoms. The van der Waals surface area contributed by atoms with Crippen molar-refractivity contribution in [2.24, 2.45) is 0 Å². The van der Waals surface area contributed by atoms with Crippen molar-refractivity contribution >= 4 is 21.4 Å². The fraction of sp³-hybridized carbons (Fsp3) is 0.304. The quantitative estimate of drug-likeness (QED) is 0.653. The summed E-state index contributed by atoms with van der Waals surface area (Å²) in [6.07, 6.45) is 0.477. The number of nitrogens with one attached hydrogen (secondary N) is 1. The highest BCUT2D eigenvalue weighted by atomic mass is 32.2. The van der Waals surface area contributed by atoms with Crippen molar-refractivity contribution in [3.63, 3.8) is 0 Å². The molecule has 2 heterocycles. The Balaban J connectivity index is 1.71. The van der Waals surface area contributed by atoms with Gasteiger partial charge in [-0.1, -0.05) is 12.1 Å². The lowest BCUT2D eigenvalue weighted by atomic mass is 10.1. The molecule has 7 nitrogen and oxygen atoms in total. The molecular weight excluding hydrogens is 414 g/mol. The predicted molar refractivity (Wildman–Crippen MR) is 120 cm³/mol. The Morgan fingerprint density at radius 1 is 1.13 bits per heavy atom. The molecule has 0 unspecified atom stereocenters. The van der Waals surface area contributed by atoms with Crippen LogP contribution in [0.15, 0.2) is 48.5 Å². The van der Waals surface area contributed by atoms with Crippen molar-refractivity contribution in [1.29, 1.82) is 0 Å². The van der Waals surface area contributed by atoms with E-state index in [4.69, 9.17) is 4.74 Å². The first-order valence-electron chi connectivity index (χ1n) is 10.1. The number of nitrogens with zero attached hydrogens (tertiary/aromatic N) is 2. The monoisotopic (exact) mass is 439 g/mol. The summed E-state index contributed by atoms with van der Waals surface area (Å²) in [6.45, 7) is 3.89. The Morgan fingerprint density at radius 3 is 2.52 bits per heavy atom. The summed E-state index contributed by atoms with van der Waals surface area (Å²) in [5.41, 5.74) is 4.52. The zero-order valence-corrected chi connectivity index (χ0v) is 18.6. The Kier molecular flexibility index (Phi) is 5.58. The molecule has 4 rings (SSSR count). The average molecular weight is 440 g/mol. The molecule has 1 fully saturated rings. The fourth-order valence-corrected chi connectivity index (χ4v) is 5.48. The molecule has 1 aliphatic heterocycles. The van der Waals surface area contributed by atoms with Crippen molar-refractivity contribution in [1.82, 2.24) is 9.78 Å². The third-order valence-corrected chi connectivity index (χ3v) is 7.30. The highest BCUT2D eigenvalue weighted by molar-refractivity contribution is 7.91. The number of aromatic nitrogens is 2. The summed E-state index contributed by atoms with van der Waals surface area (Å²) in [7, 11) is -1.51. The molecular formula is C23H25N3O4S. The second-order valence-corrected chi connectivity index (χ2v) is 10.1. The van der Waals surface area contributed by atoms with Crippen LogP contribution in [0.3, 0.4) is 0 Å². The number of aryl methyl sites for hydroxylation is 2. The zero-order valence-electron chi connectivity index (χ0n) is 17.8. The van der Waals surface area contributed by atoms with Gasteiger partial charge in [0.2, 0.25) is 0 Å². The highest BCUT2D eigenvalue weighted by Gasteiger charge is 2.32. The van der Waals surface area contributed by atoms with Gasteiger partial charge in [-0.3, -0.25) is 9.48 Å². The van der Waals surface area contributed by atoms with Gasteiger partial charge in [0.25, 0.3) is 5.91 Å². The Labute approximate surface area is 182 Å². The predicted octanol–water partition coefficient (Wildman–Crippen LogP) is 3.79. The fourth-order valence-electron chi connectivity index (χ4n) is 3.79. The smallest absolute Gasteiger partial charge is 0.276 e. The summed E-state index contributed by atoms with van der Waals surface area (Å²) in [5.74, 6) is 0.536. The minimum absolute atomic E-state index is 0.0237. The normalized spacial score (nSPS) is 17.5. The van der Waals surface area contributed by atoms with Crippen molar-refractivity contribution in [2.45, 2.75) is 26.3 Å². The second-order valence-electron chi connectivity index (χ2n) is 7.92. The van der Waals surface area contributed by atoms with E-state index in [2.05, 4.69) is 10.4 Å². The van der Waals surface area contributed by atoms with Crippen LogP contribution in [-0.2, 0) is 9.84 Å². The van der Waals surface area contributed by atoms with Crippen molar-refractivity contribution in [2.75, 3.05) is 23.9 Å². The number of sulfone groups is 1. The van der Waals surface area contributed by atoms with Crippen molar-refractivity contribution in [3.05, 3.63) is 65.4 Å². The summed E-state index contributed by atoms with van der Waals surface area (Å²) in [4.78, 5) is 13.0. The van der Waals surface area contributed by atoms with Crippen molar-refractivity contribution in [3.8, 4) is 17.0 Å². The first-order chi connectivity index (χ1) is 14.8. The third-order valence-electron chi connectivity index (χ3n) is 5.55. The van der Waals surface area contributed by atoms with Gasteiger partial charge in [-0.25, -0.2) is 8.42 Å². The molecule has 1 atom stereocenters. The van der Waals surface area contributed by atoms with Crippen LogP contribution in [0, 0.1) is 13.8 Å². The van der Waals surface area contributed by atoms with Gasteiger partial charge >= 0.3 is 0 Å². The Morgan fingerprint density at radius 2 is 1.87 bits per heavy atom. The van der Waals surface area contributed by atoms with E-state index in [1.807, 2.05) is 56.3 Å². The summed E-state index contributed by atoms with van der Waals surface area (Å²) >= 11 is 0. The van der Waals surface area contributed by atoms with E-state index in [0.717, 1.165) is 22.4 Å². The molecule has 0 radical (unpaired) electrons. The standard InChI is InChI=1S/C23H25N3O4S/c1-15-4-5-16(2)20(12-15)24-23(27)21-13-22(17-6-8-19(30-3)9-7-17)26(25-21)18-10-11-31(28,29)14-18/h4-9,12-13,18H,10-11,14H2,1-3H3,(H,24,27)/t18-/m0/s1. The van der Waals surface area contributed by atoms with Crippen LogP contribution >= 0.6 is 0 Å². The van der Waals surface area contributed by atoms with Crippen molar-refractivity contribution < 1.29 is 17.9 Å². The molecule has 3 aromatic rings. The summed E-state index contributed by atoms with van der Waals surface area (Å²) in [5, 5.41) is 7.47. The number of ether oxygens (including phenoxy) is 1. The number of anilines is 1. The van der Waals surface area contributed by atoms with E-state index in [1.54, 1.807) is 17.9 Å². The Hall–Kier alpha value is -3.13. The van der Waals surface area contributed by atoms with E-state index in [9.17, 15) is 13.2 Å². The zero-order chi connectivity index (χ0) is 22.2. The molecule has 0 saturated carbocycles. The van der Waals surface area contributed by atoms with Crippen LogP contribution in [-0.4, -0.2) is 42.7 Å². The van der Waals surface area contributed by atoms with Gasteiger partial charge in [-0.2, -0.15) is 5.10 Å². The maximum Gasteiger partial charge on any atom is 0.276 e. The first kappa shape index (κ1) is 21.1.